The lowest BCUT2D eigenvalue weighted by molar-refractivity contribution is -0.684. The van der Waals surface area contributed by atoms with Gasteiger partial charge in [0, 0.05) is 12.5 Å². The second-order valence-corrected chi connectivity index (χ2v) is 4.83. The Hall–Kier alpha value is -2.43. The smallest absolute Gasteiger partial charge is 0.320 e. The first-order valence-corrected chi connectivity index (χ1v) is 6.30. The molecule has 1 aromatic carbocycles. The van der Waals surface area contributed by atoms with Gasteiger partial charge in [0.2, 0.25) is 0 Å². The van der Waals surface area contributed by atoms with Gasteiger partial charge in [0.25, 0.3) is 5.65 Å². The number of rotatable bonds is 0. The van der Waals surface area contributed by atoms with Gasteiger partial charge in [-0.05, 0) is 23.4 Å². The van der Waals surface area contributed by atoms with Crippen LogP contribution < -0.4 is 4.85 Å². The van der Waals surface area contributed by atoms with Crippen molar-refractivity contribution in [2.75, 3.05) is 0 Å². The largest absolute Gasteiger partial charge is 0.692 e. The number of nitrogens with zero attached hydrogens (tertiary/aromatic N) is 4. The molecule has 0 amide bonds. The molecule has 2 heterocycles. The Morgan fingerprint density at radius 3 is 3.00 bits per heavy atom. The molecule has 0 bridgehead atoms. The molecule has 3 aromatic rings. The molecule has 5 heteroatoms. The zero-order valence-electron chi connectivity index (χ0n) is 10.5. The van der Waals surface area contributed by atoms with Crippen LogP contribution in [0.5, 0.6) is 0 Å². The van der Waals surface area contributed by atoms with Crippen molar-refractivity contribution in [3.05, 3.63) is 52.8 Å². The molecule has 19 heavy (non-hydrogen) atoms. The van der Waals surface area contributed by atoms with Gasteiger partial charge in [0.05, 0.1) is 11.3 Å². The molecule has 2 aromatic heterocycles. The van der Waals surface area contributed by atoms with Crippen LogP contribution in [0.1, 0.15) is 17.0 Å². The van der Waals surface area contributed by atoms with Crippen molar-refractivity contribution in [2.24, 2.45) is 0 Å². The lowest BCUT2D eigenvalue weighted by Gasteiger charge is -2.17. The standard InChI is InChI=1S/C14H12N4O/c1-9-16-14-12-7-6-10-4-2-3-5-11(10)13(12)15-8-17(14)18(9)19/h2-5,8H,6-7H2,1H3. The molecular formula is C14H12N4O. The highest BCUT2D eigenvalue weighted by atomic mass is 16.5. The molecule has 0 unspecified atom stereocenters. The predicted molar refractivity (Wildman–Crippen MR) is 69.5 cm³/mol. The highest BCUT2D eigenvalue weighted by Gasteiger charge is 2.24. The average Bonchev–Trinajstić information content (AvgIpc) is 2.74. The second kappa shape index (κ2) is 3.54. The quantitative estimate of drug-likeness (QED) is 0.449. The molecule has 1 aliphatic carbocycles. The summed E-state index contributed by atoms with van der Waals surface area (Å²) >= 11 is 0. The van der Waals surface area contributed by atoms with Gasteiger partial charge in [-0.25, -0.2) is 4.98 Å². The maximum absolute atomic E-state index is 11.8. The van der Waals surface area contributed by atoms with Crippen molar-refractivity contribution in [1.82, 2.24) is 14.5 Å². The minimum absolute atomic E-state index is 0.453. The van der Waals surface area contributed by atoms with E-state index in [-0.39, 0.29) is 0 Å². The molecule has 0 N–H and O–H groups in total. The zero-order chi connectivity index (χ0) is 13.0. The SMILES string of the molecule is Cc1nc2c3c(ncn2[n+]1[O-])-c1ccccc1CC3. The number of aromatic nitrogens is 4. The minimum Gasteiger partial charge on any atom is -0.692 e. The Bertz CT molecular complexity index is 807. The molecule has 0 radical (unpaired) electrons. The van der Waals surface area contributed by atoms with Crippen molar-refractivity contribution in [3.63, 3.8) is 0 Å². The minimum atomic E-state index is 0.453. The summed E-state index contributed by atoms with van der Waals surface area (Å²) in [6, 6.07) is 8.28. The van der Waals surface area contributed by atoms with E-state index >= 15 is 0 Å². The van der Waals surface area contributed by atoms with E-state index in [0.717, 1.165) is 40.2 Å². The summed E-state index contributed by atoms with van der Waals surface area (Å²) < 4.78 is 1.47. The maximum atomic E-state index is 11.8. The van der Waals surface area contributed by atoms with E-state index in [2.05, 4.69) is 22.1 Å². The number of hydrogen-bond donors (Lipinski definition) is 0. The first-order chi connectivity index (χ1) is 9.25. The van der Waals surface area contributed by atoms with E-state index in [9.17, 15) is 5.21 Å². The highest BCUT2D eigenvalue weighted by molar-refractivity contribution is 5.74. The number of hydrogen-bond acceptors (Lipinski definition) is 3. The highest BCUT2D eigenvalue weighted by Crippen LogP contribution is 2.32. The Balaban J connectivity index is 2.09. The van der Waals surface area contributed by atoms with Crippen molar-refractivity contribution in [1.29, 1.82) is 0 Å². The van der Waals surface area contributed by atoms with E-state index in [4.69, 9.17) is 0 Å². The van der Waals surface area contributed by atoms with Gasteiger partial charge >= 0.3 is 5.82 Å². The zero-order valence-corrected chi connectivity index (χ0v) is 10.5. The normalized spacial score (nSPS) is 13.3. The number of aryl methyl sites for hydroxylation is 3. The molecule has 0 saturated carbocycles. The molecule has 94 valence electrons. The van der Waals surface area contributed by atoms with Crippen LogP contribution in [0.2, 0.25) is 0 Å². The van der Waals surface area contributed by atoms with E-state index < -0.39 is 0 Å². The van der Waals surface area contributed by atoms with Crippen LogP contribution in [0.25, 0.3) is 16.9 Å². The average molecular weight is 252 g/mol. The van der Waals surface area contributed by atoms with Crippen LogP contribution in [-0.4, -0.2) is 14.5 Å². The number of fused-ring (bicyclic) bond motifs is 5. The van der Waals surface area contributed by atoms with Crippen LogP contribution in [0.3, 0.4) is 0 Å². The van der Waals surface area contributed by atoms with E-state index in [0.29, 0.717) is 5.82 Å². The summed E-state index contributed by atoms with van der Waals surface area (Å²) in [5.74, 6) is 0.453. The molecule has 0 spiro atoms. The lowest BCUT2D eigenvalue weighted by Crippen LogP contribution is -2.35. The molecule has 4 rings (SSSR count). The van der Waals surface area contributed by atoms with Crippen molar-refractivity contribution in [2.45, 2.75) is 19.8 Å². The van der Waals surface area contributed by atoms with Gasteiger partial charge in [0.1, 0.15) is 6.33 Å². The fourth-order valence-electron chi connectivity index (χ4n) is 2.78. The molecule has 0 saturated heterocycles. The van der Waals surface area contributed by atoms with Gasteiger partial charge in [-0.1, -0.05) is 24.3 Å². The summed E-state index contributed by atoms with van der Waals surface area (Å²) in [7, 11) is 0. The van der Waals surface area contributed by atoms with Crippen LogP contribution in [0, 0.1) is 12.1 Å². The maximum Gasteiger partial charge on any atom is 0.320 e. The van der Waals surface area contributed by atoms with E-state index in [1.165, 1.54) is 10.1 Å². The second-order valence-electron chi connectivity index (χ2n) is 4.83. The monoisotopic (exact) mass is 252 g/mol. The van der Waals surface area contributed by atoms with Crippen molar-refractivity contribution in [3.8, 4) is 11.3 Å². The predicted octanol–water partition coefficient (Wildman–Crippen LogP) is 1.44. The molecule has 0 atom stereocenters. The fraction of sp³-hybridized carbons (Fsp3) is 0.214. The van der Waals surface area contributed by atoms with Gasteiger partial charge in [-0.15, -0.1) is 9.36 Å². The van der Waals surface area contributed by atoms with E-state index in [1.54, 1.807) is 13.3 Å². The van der Waals surface area contributed by atoms with E-state index in [1.807, 2.05) is 12.1 Å². The van der Waals surface area contributed by atoms with Crippen LogP contribution in [0.4, 0.5) is 0 Å². The Labute approximate surface area is 109 Å². The molecular weight excluding hydrogens is 240 g/mol. The fourth-order valence-corrected chi connectivity index (χ4v) is 2.78. The Morgan fingerprint density at radius 1 is 1.26 bits per heavy atom. The summed E-state index contributed by atoms with van der Waals surface area (Å²) in [6.07, 6.45) is 3.40. The molecule has 1 aliphatic rings. The van der Waals surface area contributed by atoms with Crippen LogP contribution >= 0.6 is 0 Å². The first-order valence-electron chi connectivity index (χ1n) is 6.30. The molecule has 0 aliphatic heterocycles. The Morgan fingerprint density at radius 2 is 2.11 bits per heavy atom. The molecule has 0 fully saturated rings. The third-order valence-corrected chi connectivity index (χ3v) is 3.73. The van der Waals surface area contributed by atoms with Crippen LogP contribution in [0.15, 0.2) is 30.6 Å². The van der Waals surface area contributed by atoms with Gasteiger partial charge < -0.3 is 5.21 Å². The molecule has 5 nitrogen and oxygen atoms in total. The summed E-state index contributed by atoms with van der Waals surface area (Å²) in [6.45, 7) is 1.71. The lowest BCUT2D eigenvalue weighted by atomic mass is 9.89. The van der Waals surface area contributed by atoms with Gasteiger partial charge in [-0.2, -0.15) is 0 Å². The first kappa shape index (κ1) is 10.5. The summed E-state index contributed by atoms with van der Waals surface area (Å²) in [5.41, 5.74) is 5.22. The topological polar surface area (TPSA) is 57.1 Å². The van der Waals surface area contributed by atoms with Gasteiger partial charge in [-0.3, -0.25) is 0 Å². The van der Waals surface area contributed by atoms with Crippen molar-refractivity contribution < 1.29 is 4.85 Å². The third-order valence-electron chi connectivity index (χ3n) is 3.73. The number of benzene rings is 1. The van der Waals surface area contributed by atoms with Gasteiger partial charge in [0.15, 0.2) is 0 Å². The van der Waals surface area contributed by atoms with Crippen molar-refractivity contribution >= 4 is 5.65 Å². The summed E-state index contributed by atoms with van der Waals surface area (Å²) in [5, 5.41) is 11.8. The summed E-state index contributed by atoms with van der Waals surface area (Å²) in [4.78, 5) is 9.62. The Kier molecular flexibility index (Phi) is 1.95. The van der Waals surface area contributed by atoms with Crippen LogP contribution in [-0.2, 0) is 12.8 Å². The third kappa shape index (κ3) is 1.32.